The SMILES string of the molecule is CC(=O)Oc1ccc2c(c1)OCC=C2. The minimum absolute atomic E-state index is 0.323. The van der Waals surface area contributed by atoms with Gasteiger partial charge in [-0.3, -0.25) is 4.79 Å². The molecular formula is C11H10O3. The van der Waals surface area contributed by atoms with Crippen molar-refractivity contribution in [3.05, 3.63) is 29.8 Å². The lowest BCUT2D eigenvalue weighted by atomic mass is 10.1. The molecule has 0 spiro atoms. The van der Waals surface area contributed by atoms with Gasteiger partial charge >= 0.3 is 5.97 Å². The van der Waals surface area contributed by atoms with Crippen LogP contribution in [0.3, 0.4) is 0 Å². The molecule has 1 aliphatic heterocycles. The van der Waals surface area contributed by atoms with E-state index in [4.69, 9.17) is 9.47 Å². The fourth-order valence-electron chi connectivity index (χ4n) is 1.32. The first kappa shape index (κ1) is 8.81. The highest BCUT2D eigenvalue weighted by Crippen LogP contribution is 2.28. The first-order valence-corrected chi connectivity index (χ1v) is 4.37. The molecule has 72 valence electrons. The maximum absolute atomic E-state index is 10.7. The molecule has 0 saturated carbocycles. The van der Waals surface area contributed by atoms with Crippen LogP contribution in [-0.4, -0.2) is 12.6 Å². The van der Waals surface area contributed by atoms with E-state index in [1.165, 1.54) is 6.92 Å². The van der Waals surface area contributed by atoms with Crippen LogP contribution >= 0.6 is 0 Å². The molecule has 3 nitrogen and oxygen atoms in total. The molecule has 0 saturated heterocycles. The third-order valence-corrected chi connectivity index (χ3v) is 1.88. The lowest BCUT2D eigenvalue weighted by Crippen LogP contribution is -2.04. The van der Waals surface area contributed by atoms with Crippen molar-refractivity contribution in [3.63, 3.8) is 0 Å². The van der Waals surface area contributed by atoms with Crippen LogP contribution in [0, 0.1) is 0 Å². The van der Waals surface area contributed by atoms with Crippen LogP contribution in [0.1, 0.15) is 12.5 Å². The van der Waals surface area contributed by atoms with Crippen molar-refractivity contribution in [3.8, 4) is 11.5 Å². The molecule has 0 fully saturated rings. The number of fused-ring (bicyclic) bond motifs is 1. The van der Waals surface area contributed by atoms with E-state index in [0.29, 0.717) is 12.4 Å². The quantitative estimate of drug-likeness (QED) is 0.502. The lowest BCUT2D eigenvalue weighted by molar-refractivity contribution is -0.131. The second-order valence-corrected chi connectivity index (χ2v) is 3.01. The molecule has 3 heteroatoms. The smallest absolute Gasteiger partial charge is 0.308 e. The first-order chi connectivity index (χ1) is 6.75. The predicted molar refractivity (Wildman–Crippen MR) is 52.3 cm³/mol. The Morgan fingerprint density at radius 1 is 1.50 bits per heavy atom. The van der Waals surface area contributed by atoms with Crippen LogP contribution in [0.2, 0.25) is 0 Å². The van der Waals surface area contributed by atoms with Gasteiger partial charge in [0.25, 0.3) is 0 Å². The monoisotopic (exact) mass is 190 g/mol. The van der Waals surface area contributed by atoms with E-state index in [-0.39, 0.29) is 5.97 Å². The van der Waals surface area contributed by atoms with Crippen LogP contribution in [0.4, 0.5) is 0 Å². The van der Waals surface area contributed by atoms with E-state index in [1.807, 2.05) is 18.2 Å². The first-order valence-electron chi connectivity index (χ1n) is 4.37. The van der Waals surface area contributed by atoms with E-state index >= 15 is 0 Å². The molecular weight excluding hydrogens is 180 g/mol. The van der Waals surface area contributed by atoms with Gasteiger partial charge in [0, 0.05) is 18.6 Å². The number of hydrogen-bond donors (Lipinski definition) is 0. The Labute approximate surface area is 81.9 Å². The molecule has 0 bridgehead atoms. The van der Waals surface area contributed by atoms with Crippen molar-refractivity contribution in [2.75, 3.05) is 6.61 Å². The van der Waals surface area contributed by atoms with Crippen LogP contribution < -0.4 is 9.47 Å². The highest BCUT2D eigenvalue weighted by Gasteiger charge is 2.07. The summed E-state index contributed by atoms with van der Waals surface area (Å²) in [4.78, 5) is 10.7. The molecule has 2 rings (SSSR count). The summed E-state index contributed by atoms with van der Waals surface area (Å²) in [6.07, 6.45) is 3.92. The van der Waals surface area contributed by atoms with Gasteiger partial charge in [-0.05, 0) is 18.2 Å². The zero-order valence-corrected chi connectivity index (χ0v) is 7.82. The molecule has 14 heavy (non-hydrogen) atoms. The molecule has 0 amide bonds. The highest BCUT2D eigenvalue weighted by molar-refractivity contribution is 5.70. The number of rotatable bonds is 1. The van der Waals surface area contributed by atoms with Gasteiger partial charge in [-0.25, -0.2) is 0 Å². The highest BCUT2D eigenvalue weighted by atomic mass is 16.5. The molecule has 0 aliphatic carbocycles. The third kappa shape index (κ3) is 1.76. The Balaban J connectivity index is 2.30. The van der Waals surface area contributed by atoms with Crippen molar-refractivity contribution >= 4 is 12.0 Å². The van der Waals surface area contributed by atoms with Gasteiger partial charge in [0.05, 0.1) is 0 Å². The normalized spacial score (nSPS) is 12.9. The van der Waals surface area contributed by atoms with Crippen LogP contribution in [-0.2, 0) is 4.79 Å². The average molecular weight is 190 g/mol. The maximum Gasteiger partial charge on any atom is 0.308 e. The summed E-state index contributed by atoms with van der Waals surface area (Å²) >= 11 is 0. The standard InChI is InChI=1S/C11H10O3/c1-8(12)14-10-5-4-9-3-2-6-13-11(9)7-10/h2-5,7H,6H2,1H3. The Kier molecular flexibility index (Phi) is 2.23. The third-order valence-electron chi connectivity index (χ3n) is 1.88. The van der Waals surface area contributed by atoms with Gasteiger partial charge in [0.2, 0.25) is 0 Å². The molecule has 0 aromatic heterocycles. The maximum atomic E-state index is 10.7. The number of benzene rings is 1. The molecule has 1 aromatic rings. The van der Waals surface area contributed by atoms with Crippen molar-refractivity contribution in [1.29, 1.82) is 0 Å². The number of ether oxygens (including phenoxy) is 2. The molecule has 1 aromatic carbocycles. The van der Waals surface area contributed by atoms with Crippen molar-refractivity contribution < 1.29 is 14.3 Å². The Morgan fingerprint density at radius 3 is 3.14 bits per heavy atom. The Hall–Kier alpha value is -1.77. The van der Waals surface area contributed by atoms with Gasteiger partial charge in [-0.15, -0.1) is 0 Å². The van der Waals surface area contributed by atoms with Gasteiger partial charge < -0.3 is 9.47 Å². The lowest BCUT2D eigenvalue weighted by Gasteiger charge is -2.12. The predicted octanol–water partition coefficient (Wildman–Crippen LogP) is 2.02. The summed E-state index contributed by atoms with van der Waals surface area (Å²) in [5.41, 5.74) is 1.01. The second kappa shape index (κ2) is 3.54. The summed E-state index contributed by atoms with van der Waals surface area (Å²) in [6.45, 7) is 1.94. The number of carbonyl (C=O) groups is 1. The van der Waals surface area contributed by atoms with Crippen LogP contribution in [0.5, 0.6) is 11.5 Å². The number of carbonyl (C=O) groups excluding carboxylic acids is 1. The van der Waals surface area contributed by atoms with Crippen LogP contribution in [0.25, 0.3) is 6.08 Å². The molecule has 0 unspecified atom stereocenters. The zero-order chi connectivity index (χ0) is 9.97. The summed E-state index contributed by atoms with van der Waals surface area (Å²) in [5.74, 6) is 0.953. The molecule has 0 N–H and O–H groups in total. The number of hydrogen-bond acceptors (Lipinski definition) is 3. The fourth-order valence-corrected chi connectivity index (χ4v) is 1.32. The largest absolute Gasteiger partial charge is 0.489 e. The van der Waals surface area contributed by atoms with E-state index in [9.17, 15) is 4.79 Å². The second-order valence-electron chi connectivity index (χ2n) is 3.01. The zero-order valence-electron chi connectivity index (χ0n) is 7.82. The summed E-state index contributed by atoms with van der Waals surface area (Å²) in [7, 11) is 0. The topological polar surface area (TPSA) is 35.5 Å². The Bertz CT molecular complexity index is 394. The average Bonchev–Trinajstić information content (AvgIpc) is 2.17. The van der Waals surface area contributed by atoms with Crippen molar-refractivity contribution in [2.24, 2.45) is 0 Å². The molecule has 0 radical (unpaired) electrons. The van der Waals surface area contributed by atoms with Gasteiger partial charge in [-0.1, -0.05) is 6.08 Å². The molecule has 1 aliphatic rings. The fraction of sp³-hybridized carbons (Fsp3) is 0.182. The molecule has 0 atom stereocenters. The number of esters is 1. The van der Waals surface area contributed by atoms with E-state index in [0.717, 1.165) is 11.3 Å². The van der Waals surface area contributed by atoms with Crippen LogP contribution in [0.15, 0.2) is 24.3 Å². The minimum atomic E-state index is -0.323. The van der Waals surface area contributed by atoms with Gasteiger partial charge in [-0.2, -0.15) is 0 Å². The van der Waals surface area contributed by atoms with Gasteiger partial charge in [0.15, 0.2) is 0 Å². The summed E-state index contributed by atoms with van der Waals surface area (Å²) in [6, 6.07) is 5.34. The van der Waals surface area contributed by atoms with Crippen molar-refractivity contribution in [1.82, 2.24) is 0 Å². The van der Waals surface area contributed by atoms with Gasteiger partial charge in [0.1, 0.15) is 18.1 Å². The minimum Gasteiger partial charge on any atom is -0.489 e. The summed E-state index contributed by atoms with van der Waals surface area (Å²) < 4.78 is 10.3. The van der Waals surface area contributed by atoms with E-state index in [1.54, 1.807) is 12.1 Å². The Morgan fingerprint density at radius 2 is 2.36 bits per heavy atom. The van der Waals surface area contributed by atoms with Crippen molar-refractivity contribution in [2.45, 2.75) is 6.92 Å². The molecule has 1 heterocycles. The van der Waals surface area contributed by atoms with E-state index in [2.05, 4.69) is 0 Å². The van der Waals surface area contributed by atoms with E-state index < -0.39 is 0 Å². The summed E-state index contributed by atoms with van der Waals surface area (Å²) in [5, 5.41) is 0.